The summed E-state index contributed by atoms with van der Waals surface area (Å²) in [5.74, 6) is 5.73. The lowest BCUT2D eigenvalue weighted by molar-refractivity contribution is 1.17. The highest BCUT2D eigenvalue weighted by molar-refractivity contribution is 6.28. The summed E-state index contributed by atoms with van der Waals surface area (Å²) >= 11 is 5.66. The van der Waals surface area contributed by atoms with Gasteiger partial charge in [-0.1, -0.05) is 0 Å². The zero-order valence-electron chi connectivity index (χ0n) is 6.53. The largest absolute Gasteiger partial charge is 0.308 e. The number of nitrogens with one attached hydrogen (secondary N) is 1. The molecular weight excluding hydrogens is 190 g/mol. The van der Waals surface area contributed by atoms with Gasteiger partial charge in [0.05, 0.1) is 10.9 Å². The maximum atomic E-state index is 5.66. The van der Waals surface area contributed by atoms with E-state index in [9.17, 15) is 0 Å². The summed E-state index contributed by atoms with van der Waals surface area (Å²) in [6.07, 6.45) is 3.26. The van der Waals surface area contributed by atoms with E-state index in [0.29, 0.717) is 11.3 Å². The van der Waals surface area contributed by atoms with Gasteiger partial charge in [-0.3, -0.25) is 4.98 Å². The lowest BCUT2D eigenvalue weighted by atomic mass is 10.3. The standard InChI is InChI=1S/C7H6ClN5/c8-7-11-5-1-2-10-3-4(5)6(12-7)13-9/h1-3H,9H2,(H,11,12,13). The minimum Gasteiger partial charge on any atom is -0.308 e. The highest BCUT2D eigenvalue weighted by Gasteiger charge is 2.03. The van der Waals surface area contributed by atoms with Crippen molar-refractivity contribution in [3.8, 4) is 0 Å². The SMILES string of the molecule is NNc1nc(Cl)nc2ccncc12. The Morgan fingerprint density at radius 1 is 1.38 bits per heavy atom. The first-order valence-corrected chi connectivity index (χ1v) is 3.93. The monoisotopic (exact) mass is 195 g/mol. The molecule has 2 aromatic heterocycles. The van der Waals surface area contributed by atoms with Gasteiger partial charge in [-0.25, -0.2) is 10.8 Å². The minimum atomic E-state index is 0.159. The lowest BCUT2D eigenvalue weighted by Gasteiger charge is -2.03. The van der Waals surface area contributed by atoms with Gasteiger partial charge in [0.15, 0.2) is 5.82 Å². The van der Waals surface area contributed by atoms with Crippen LogP contribution in [0.25, 0.3) is 10.9 Å². The Labute approximate surface area is 78.9 Å². The summed E-state index contributed by atoms with van der Waals surface area (Å²) in [5.41, 5.74) is 3.15. The van der Waals surface area contributed by atoms with E-state index >= 15 is 0 Å². The first kappa shape index (κ1) is 8.15. The molecule has 0 aliphatic carbocycles. The van der Waals surface area contributed by atoms with Crippen LogP contribution in [0.4, 0.5) is 5.82 Å². The van der Waals surface area contributed by atoms with Gasteiger partial charge in [0, 0.05) is 12.4 Å². The molecule has 0 saturated carbocycles. The van der Waals surface area contributed by atoms with E-state index in [-0.39, 0.29) is 5.28 Å². The molecule has 0 saturated heterocycles. The van der Waals surface area contributed by atoms with Crippen LogP contribution in [0, 0.1) is 0 Å². The first-order chi connectivity index (χ1) is 6.31. The fourth-order valence-corrected chi connectivity index (χ4v) is 1.23. The Kier molecular flexibility index (Phi) is 1.96. The van der Waals surface area contributed by atoms with Gasteiger partial charge >= 0.3 is 0 Å². The predicted molar refractivity (Wildman–Crippen MR) is 50.2 cm³/mol. The van der Waals surface area contributed by atoms with Gasteiger partial charge in [0.25, 0.3) is 0 Å². The number of aromatic nitrogens is 3. The molecule has 13 heavy (non-hydrogen) atoms. The highest BCUT2D eigenvalue weighted by Crippen LogP contribution is 2.19. The molecule has 0 amide bonds. The highest BCUT2D eigenvalue weighted by atomic mass is 35.5. The second-order valence-corrected chi connectivity index (χ2v) is 2.72. The molecule has 2 heterocycles. The van der Waals surface area contributed by atoms with E-state index in [1.54, 1.807) is 18.5 Å². The number of halogens is 1. The molecule has 0 unspecified atom stereocenters. The van der Waals surface area contributed by atoms with Crippen molar-refractivity contribution in [1.82, 2.24) is 15.0 Å². The number of nitrogens with two attached hydrogens (primary N) is 1. The summed E-state index contributed by atoms with van der Waals surface area (Å²) < 4.78 is 0. The fourth-order valence-electron chi connectivity index (χ4n) is 1.05. The number of anilines is 1. The average Bonchev–Trinajstić information content (AvgIpc) is 2.16. The number of fused-ring (bicyclic) bond motifs is 1. The van der Waals surface area contributed by atoms with E-state index in [0.717, 1.165) is 5.39 Å². The third-order valence-corrected chi connectivity index (χ3v) is 1.78. The first-order valence-electron chi connectivity index (χ1n) is 3.55. The van der Waals surface area contributed by atoms with Crippen molar-refractivity contribution in [2.45, 2.75) is 0 Å². The van der Waals surface area contributed by atoms with Crippen LogP contribution in [-0.4, -0.2) is 15.0 Å². The minimum absolute atomic E-state index is 0.159. The summed E-state index contributed by atoms with van der Waals surface area (Å²) in [6, 6.07) is 1.74. The topological polar surface area (TPSA) is 76.7 Å². The van der Waals surface area contributed by atoms with Crippen LogP contribution < -0.4 is 11.3 Å². The molecule has 66 valence electrons. The Hall–Kier alpha value is -1.46. The van der Waals surface area contributed by atoms with Crippen LogP contribution >= 0.6 is 11.6 Å². The lowest BCUT2D eigenvalue weighted by Crippen LogP contribution is -2.09. The number of rotatable bonds is 1. The van der Waals surface area contributed by atoms with Crippen molar-refractivity contribution >= 4 is 28.3 Å². The molecular formula is C7H6ClN5. The van der Waals surface area contributed by atoms with Crippen molar-refractivity contribution in [2.75, 3.05) is 5.43 Å². The van der Waals surface area contributed by atoms with Crippen molar-refractivity contribution in [1.29, 1.82) is 0 Å². The summed E-state index contributed by atoms with van der Waals surface area (Å²) in [5, 5.41) is 0.904. The Bertz CT molecular complexity index is 444. The molecule has 0 aliphatic rings. The van der Waals surface area contributed by atoms with Crippen LogP contribution in [0.5, 0.6) is 0 Å². The maximum Gasteiger partial charge on any atom is 0.224 e. The number of nitrogens with zero attached hydrogens (tertiary/aromatic N) is 3. The molecule has 5 nitrogen and oxygen atoms in total. The zero-order valence-corrected chi connectivity index (χ0v) is 7.28. The molecule has 0 spiro atoms. The van der Waals surface area contributed by atoms with Crippen molar-refractivity contribution in [2.24, 2.45) is 5.84 Å². The summed E-state index contributed by atoms with van der Waals surface area (Å²) in [7, 11) is 0. The molecule has 0 atom stereocenters. The normalized spacial score (nSPS) is 10.3. The molecule has 0 aliphatic heterocycles. The summed E-state index contributed by atoms with van der Waals surface area (Å²) in [6.45, 7) is 0. The third kappa shape index (κ3) is 1.39. The van der Waals surface area contributed by atoms with E-state index in [2.05, 4.69) is 20.4 Å². The third-order valence-electron chi connectivity index (χ3n) is 1.61. The maximum absolute atomic E-state index is 5.66. The Morgan fingerprint density at radius 2 is 2.23 bits per heavy atom. The Morgan fingerprint density at radius 3 is 3.00 bits per heavy atom. The zero-order chi connectivity index (χ0) is 9.26. The van der Waals surface area contributed by atoms with Crippen molar-refractivity contribution < 1.29 is 0 Å². The molecule has 3 N–H and O–H groups in total. The summed E-state index contributed by atoms with van der Waals surface area (Å²) in [4.78, 5) is 11.8. The fraction of sp³-hybridized carbons (Fsp3) is 0. The molecule has 2 aromatic rings. The van der Waals surface area contributed by atoms with E-state index in [1.807, 2.05) is 0 Å². The number of nitrogen functional groups attached to an aromatic ring is 1. The van der Waals surface area contributed by atoms with Gasteiger partial charge < -0.3 is 5.43 Å². The van der Waals surface area contributed by atoms with Gasteiger partial charge in [0.2, 0.25) is 5.28 Å². The van der Waals surface area contributed by atoms with Crippen LogP contribution in [0.1, 0.15) is 0 Å². The van der Waals surface area contributed by atoms with Gasteiger partial charge in [0.1, 0.15) is 0 Å². The predicted octanol–water partition coefficient (Wildman–Crippen LogP) is 0.964. The van der Waals surface area contributed by atoms with Crippen LogP contribution in [0.2, 0.25) is 5.28 Å². The second-order valence-electron chi connectivity index (χ2n) is 2.38. The number of hydrogen-bond donors (Lipinski definition) is 2. The van der Waals surface area contributed by atoms with Gasteiger partial charge in [-0.2, -0.15) is 4.98 Å². The van der Waals surface area contributed by atoms with Gasteiger partial charge in [-0.05, 0) is 17.7 Å². The molecule has 6 heteroatoms. The Balaban J connectivity index is 2.81. The second kappa shape index (κ2) is 3.12. The van der Waals surface area contributed by atoms with E-state index in [1.165, 1.54) is 0 Å². The van der Waals surface area contributed by atoms with Crippen LogP contribution in [0.15, 0.2) is 18.5 Å². The molecule has 0 bridgehead atoms. The van der Waals surface area contributed by atoms with Crippen molar-refractivity contribution in [3.05, 3.63) is 23.7 Å². The molecule has 2 rings (SSSR count). The molecule has 0 aromatic carbocycles. The van der Waals surface area contributed by atoms with Crippen LogP contribution in [0.3, 0.4) is 0 Å². The van der Waals surface area contributed by atoms with E-state index < -0.39 is 0 Å². The smallest absolute Gasteiger partial charge is 0.224 e. The number of pyridine rings is 1. The van der Waals surface area contributed by atoms with E-state index in [4.69, 9.17) is 17.4 Å². The average molecular weight is 196 g/mol. The van der Waals surface area contributed by atoms with Crippen molar-refractivity contribution in [3.63, 3.8) is 0 Å². The molecule has 0 fully saturated rings. The molecule has 0 radical (unpaired) electrons. The van der Waals surface area contributed by atoms with Gasteiger partial charge in [-0.15, -0.1) is 0 Å². The number of hydrogen-bond acceptors (Lipinski definition) is 5. The van der Waals surface area contributed by atoms with Crippen LogP contribution in [-0.2, 0) is 0 Å². The quantitative estimate of drug-likeness (QED) is 0.403. The number of hydrazine groups is 1.